The predicted molar refractivity (Wildman–Crippen MR) is 116 cm³/mol. The Kier molecular flexibility index (Phi) is 6.87. The van der Waals surface area contributed by atoms with Crippen LogP contribution in [-0.4, -0.2) is 45.1 Å². The minimum atomic E-state index is -3.70. The van der Waals surface area contributed by atoms with Gasteiger partial charge >= 0.3 is 0 Å². The van der Waals surface area contributed by atoms with E-state index in [-0.39, 0.29) is 22.3 Å². The number of carbonyl (C=O) groups excluding carboxylic acids is 1. The largest absolute Gasteiger partial charge is 0.492 e. The first kappa shape index (κ1) is 21.7. The summed E-state index contributed by atoms with van der Waals surface area (Å²) in [7, 11) is -0.774. The summed E-state index contributed by atoms with van der Waals surface area (Å²) >= 11 is 1.48. The molecule has 0 heterocycles. The van der Waals surface area contributed by atoms with Crippen molar-refractivity contribution in [3.63, 3.8) is 0 Å². The van der Waals surface area contributed by atoms with E-state index in [1.807, 2.05) is 0 Å². The van der Waals surface area contributed by atoms with E-state index in [2.05, 4.69) is 23.5 Å². The van der Waals surface area contributed by atoms with Crippen LogP contribution in [0.25, 0.3) is 0 Å². The van der Waals surface area contributed by atoms with E-state index in [4.69, 9.17) is 4.74 Å². The Morgan fingerprint density at radius 3 is 2.62 bits per heavy atom. The fraction of sp³-hybridized carbons (Fsp3) is 0.381. The first-order chi connectivity index (χ1) is 13.8. The molecule has 1 N–H and O–H groups in total. The Hall–Kier alpha value is -2.03. The number of sulfonamides is 1. The number of amides is 1. The molecular weight excluding hydrogens is 408 g/mol. The SMILES string of the molecule is CCOc1ccc(NC(=O)CSc2ccc3c(c2)CCC3)cc1S(=O)(=O)N(C)C. The van der Waals surface area contributed by atoms with E-state index in [0.29, 0.717) is 12.3 Å². The summed E-state index contributed by atoms with van der Waals surface area (Å²) in [5.41, 5.74) is 3.21. The van der Waals surface area contributed by atoms with Crippen LogP contribution < -0.4 is 10.1 Å². The summed E-state index contributed by atoms with van der Waals surface area (Å²) in [5, 5.41) is 2.79. The molecule has 0 unspecified atom stereocenters. The summed E-state index contributed by atoms with van der Waals surface area (Å²) in [6.45, 7) is 2.14. The molecule has 0 radical (unpaired) electrons. The van der Waals surface area contributed by atoms with Crippen molar-refractivity contribution in [1.82, 2.24) is 4.31 Å². The minimum Gasteiger partial charge on any atom is -0.492 e. The van der Waals surface area contributed by atoms with Crippen LogP contribution in [0.1, 0.15) is 24.5 Å². The highest BCUT2D eigenvalue weighted by Crippen LogP contribution is 2.30. The summed E-state index contributed by atoms with van der Waals surface area (Å²) in [6.07, 6.45) is 3.43. The normalized spacial score (nSPS) is 13.4. The monoisotopic (exact) mass is 434 g/mol. The Bertz CT molecular complexity index is 1000. The summed E-state index contributed by atoms with van der Waals surface area (Å²) in [5.74, 6) is 0.335. The zero-order chi connectivity index (χ0) is 21.0. The second-order valence-electron chi connectivity index (χ2n) is 7.00. The zero-order valence-electron chi connectivity index (χ0n) is 16.9. The van der Waals surface area contributed by atoms with Crippen LogP contribution in [0.3, 0.4) is 0 Å². The van der Waals surface area contributed by atoms with Gasteiger partial charge in [0.05, 0.1) is 12.4 Å². The van der Waals surface area contributed by atoms with Gasteiger partial charge < -0.3 is 10.1 Å². The first-order valence-corrected chi connectivity index (χ1v) is 12.0. The van der Waals surface area contributed by atoms with Gasteiger partial charge in [-0.25, -0.2) is 12.7 Å². The van der Waals surface area contributed by atoms with Crippen molar-refractivity contribution >= 4 is 33.4 Å². The van der Waals surface area contributed by atoms with Crippen molar-refractivity contribution in [3.05, 3.63) is 47.5 Å². The molecule has 0 saturated heterocycles. The van der Waals surface area contributed by atoms with Gasteiger partial charge in [-0.1, -0.05) is 6.07 Å². The number of nitrogens with one attached hydrogen (secondary N) is 1. The number of nitrogens with zero attached hydrogens (tertiary/aromatic N) is 1. The zero-order valence-corrected chi connectivity index (χ0v) is 18.5. The van der Waals surface area contributed by atoms with Crippen LogP contribution in [-0.2, 0) is 27.7 Å². The lowest BCUT2D eigenvalue weighted by Gasteiger charge is -2.16. The molecule has 3 rings (SSSR count). The van der Waals surface area contributed by atoms with Gasteiger partial charge in [-0.05, 0) is 67.6 Å². The number of benzene rings is 2. The van der Waals surface area contributed by atoms with Crippen LogP contribution in [0.2, 0.25) is 0 Å². The van der Waals surface area contributed by atoms with E-state index < -0.39 is 10.0 Å². The van der Waals surface area contributed by atoms with Gasteiger partial charge in [0.25, 0.3) is 0 Å². The molecule has 2 aromatic rings. The van der Waals surface area contributed by atoms with Gasteiger partial charge in [-0.15, -0.1) is 11.8 Å². The molecule has 0 fully saturated rings. The first-order valence-electron chi connectivity index (χ1n) is 9.55. The maximum Gasteiger partial charge on any atom is 0.246 e. The van der Waals surface area contributed by atoms with Crippen molar-refractivity contribution in [3.8, 4) is 5.75 Å². The van der Waals surface area contributed by atoms with Gasteiger partial charge in [-0.2, -0.15) is 0 Å². The quantitative estimate of drug-likeness (QED) is 0.643. The molecule has 156 valence electrons. The molecule has 29 heavy (non-hydrogen) atoms. The van der Waals surface area contributed by atoms with Gasteiger partial charge in [0.1, 0.15) is 10.6 Å². The summed E-state index contributed by atoms with van der Waals surface area (Å²) < 4.78 is 31.8. The number of hydrogen-bond donors (Lipinski definition) is 1. The number of hydrogen-bond acceptors (Lipinski definition) is 5. The third kappa shape index (κ3) is 5.12. The Balaban J connectivity index is 1.70. The summed E-state index contributed by atoms with van der Waals surface area (Å²) in [4.78, 5) is 13.5. The molecule has 1 aliphatic carbocycles. The number of anilines is 1. The maximum atomic E-state index is 12.6. The fourth-order valence-corrected chi connectivity index (χ4v) is 5.05. The second-order valence-corrected chi connectivity index (χ2v) is 10.2. The molecule has 0 atom stereocenters. The van der Waals surface area contributed by atoms with Gasteiger partial charge in [-0.3, -0.25) is 4.79 Å². The highest BCUT2D eigenvalue weighted by Gasteiger charge is 2.23. The average molecular weight is 435 g/mol. The highest BCUT2D eigenvalue weighted by molar-refractivity contribution is 8.00. The van der Waals surface area contributed by atoms with Crippen molar-refractivity contribution in [1.29, 1.82) is 0 Å². The van der Waals surface area contributed by atoms with Gasteiger partial charge in [0.15, 0.2) is 0 Å². The van der Waals surface area contributed by atoms with Crippen LogP contribution in [0, 0.1) is 0 Å². The molecule has 6 nitrogen and oxygen atoms in total. The van der Waals surface area contributed by atoms with Crippen molar-refractivity contribution in [2.45, 2.75) is 36.0 Å². The van der Waals surface area contributed by atoms with E-state index in [1.54, 1.807) is 19.1 Å². The van der Waals surface area contributed by atoms with Crippen molar-refractivity contribution in [2.75, 3.05) is 31.8 Å². The maximum absolute atomic E-state index is 12.6. The molecule has 0 spiro atoms. The van der Waals surface area contributed by atoms with E-state index >= 15 is 0 Å². The third-order valence-corrected chi connectivity index (χ3v) is 7.56. The second kappa shape index (κ2) is 9.19. The number of ether oxygens (including phenoxy) is 1. The van der Waals surface area contributed by atoms with E-state index in [9.17, 15) is 13.2 Å². The standard InChI is InChI=1S/C21H26N2O4S2/c1-4-27-19-11-9-17(13-20(19)29(25,26)23(2)3)22-21(24)14-28-18-10-8-15-6-5-7-16(15)12-18/h8-13H,4-7,14H2,1-3H3,(H,22,24). The van der Waals surface area contributed by atoms with Crippen molar-refractivity contribution in [2.24, 2.45) is 0 Å². The molecule has 0 aromatic heterocycles. The lowest BCUT2D eigenvalue weighted by molar-refractivity contribution is -0.113. The molecule has 0 saturated carbocycles. The molecule has 2 aromatic carbocycles. The molecule has 1 aliphatic rings. The molecule has 0 aliphatic heterocycles. The number of thioether (sulfide) groups is 1. The predicted octanol–water partition coefficient (Wildman–Crippen LogP) is 3.56. The Labute approximate surface area is 176 Å². The summed E-state index contributed by atoms with van der Waals surface area (Å²) in [6, 6.07) is 11.0. The number of rotatable bonds is 8. The fourth-order valence-electron chi connectivity index (χ4n) is 3.24. The minimum absolute atomic E-state index is 0.0356. The van der Waals surface area contributed by atoms with Crippen LogP contribution in [0.15, 0.2) is 46.2 Å². The lowest BCUT2D eigenvalue weighted by Crippen LogP contribution is -2.23. The van der Waals surface area contributed by atoms with E-state index in [1.165, 1.54) is 49.5 Å². The Morgan fingerprint density at radius 1 is 1.14 bits per heavy atom. The lowest BCUT2D eigenvalue weighted by atomic mass is 10.1. The van der Waals surface area contributed by atoms with Gasteiger partial charge in [0, 0.05) is 24.7 Å². The van der Waals surface area contributed by atoms with Crippen LogP contribution in [0.4, 0.5) is 5.69 Å². The smallest absolute Gasteiger partial charge is 0.246 e. The van der Waals surface area contributed by atoms with Gasteiger partial charge in [0.2, 0.25) is 15.9 Å². The third-order valence-electron chi connectivity index (χ3n) is 4.73. The average Bonchev–Trinajstić information content (AvgIpc) is 3.15. The molecular formula is C21H26N2O4S2. The van der Waals surface area contributed by atoms with Crippen LogP contribution >= 0.6 is 11.8 Å². The molecule has 8 heteroatoms. The number of fused-ring (bicyclic) bond motifs is 1. The topological polar surface area (TPSA) is 75.7 Å². The van der Waals surface area contributed by atoms with Crippen molar-refractivity contribution < 1.29 is 17.9 Å². The molecule has 0 bridgehead atoms. The van der Waals surface area contributed by atoms with Crippen LogP contribution in [0.5, 0.6) is 5.75 Å². The number of aryl methyl sites for hydroxylation is 2. The molecule has 1 amide bonds. The number of carbonyl (C=O) groups is 1. The van der Waals surface area contributed by atoms with E-state index in [0.717, 1.165) is 22.0 Å². The Morgan fingerprint density at radius 2 is 1.90 bits per heavy atom. The highest BCUT2D eigenvalue weighted by atomic mass is 32.2.